The quantitative estimate of drug-likeness (QED) is 0.334. The van der Waals surface area contributed by atoms with Crippen molar-refractivity contribution in [1.29, 1.82) is 0 Å². The van der Waals surface area contributed by atoms with Crippen LogP contribution in [0.3, 0.4) is 0 Å². The molecule has 0 heterocycles. The molecule has 0 N–H and O–H groups in total. The van der Waals surface area contributed by atoms with Crippen molar-refractivity contribution in [2.24, 2.45) is 0 Å². The fraction of sp³-hybridized carbons (Fsp3) is 0.179. The molecule has 3 rings (SSSR count). The van der Waals surface area contributed by atoms with Gasteiger partial charge in [-0.1, -0.05) is 91.5 Å². The Kier molecular flexibility index (Phi) is 8.35. The van der Waals surface area contributed by atoms with Gasteiger partial charge < -0.3 is 14.4 Å². The van der Waals surface area contributed by atoms with E-state index in [1.165, 1.54) is 17.9 Å². The summed E-state index contributed by atoms with van der Waals surface area (Å²) in [6.45, 7) is 4.77. The maximum Gasteiger partial charge on any atom is 0.341 e. The number of carbonyl (C=O) groups excluding carboxylic acids is 3. The van der Waals surface area contributed by atoms with Gasteiger partial charge in [0.25, 0.3) is 5.91 Å². The minimum atomic E-state index is -1.64. The van der Waals surface area contributed by atoms with E-state index in [4.69, 9.17) is 9.47 Å². The molecule has 0 aromatic heterocycles. The van der Waals surface area contributed by atoms with Gasteiger partial charge in [-0.05, 0) is 23.3 Å². The van der Waals surface area contributed by atoms with Gasteiger partial charge in [-0.3, -0.25) is 9.59 Å². The highest BCUT2D eigenvalue weighted by atomic mass is 16.5. The smallest absolute Gasteiger partial charge is 0.341 e. The first kappa shape index (κ1) is 24.5. The molecule has 0 fully saturated rings. The van der Waals surface area contributed by atoms with Crippen LogP contribution in [0.1, 0.15) is 28.4 Å². The molecule has 0 bridgehead atoms. The molecule has 34 heavy (non-hydrogen) atoms. The van der Waals surface area contributed by atoms with Crippen molar-refractivity contribution in [2.45, 2.75) is 12.5 Å². The van der Waals surface area contributed by atoms with Gasteiger partial charge in [-0.25, -0.2) is 4.79 Å². The summed E-state index contributed by atoms with van der Waals surface area (Å²) < 4.78 is 10.8. The first-order valence-electron chi connectivity index (χ1n) is 10.9. The number of ether oxygens (including phenoxy) is 2. The van der Waals surface area contributed by atoms with Crippen molar-refractivity contribution in [1.82, 2.24) is 4.90 Å². The molecule has 0 spiro atoms. The van der Waals surface area contributed by atoms with Crippen LogP contribution in [0.2, 0.25) is 0 Å². The summed E-state index contributed by atoms with van der Waals surface area (Å²) in [5.74, 6) is -1.53. The van der Waals surface area contributed by atoms with Crippen LogP contribution in [0, 0.1) is 0 Å². The van der Waals surface area contributed by atoms with Gasteiger partial charge in [-0.15, -0.1) is 0 Å². The van der Waals surface area contributed by atoms with E-state index in [9.17, 15) is 14.4 Å². The van der Waals surface area contributed by atoms with Crippen molar-refractivity contribution in [3.63, 3.8) is 0 Å². The Morgan fingerprint density at radius 1 is 0.824 bits per heavy atom. The molecule has 6 heteroatoms. The van der Waals surface area contributed by atoms with Gasteiger partial charge in [0.15, 0.2) is 5.54 Å². The lowest BCUT2D eigenvalue weighted by atomic mass is 9.80. The van der Waals surface area contributed by atoms with Gasteiger partial charge in [0.1, 0.15) is 13.2 Å². The largest absolute Gasteiger partial charge is 0.464 e. The summed E-state index contributed by atoms with van der Waals surface area (Å²) in [4.78, 5) is 40.8. The number of hydrogen-bond donors (Lipinski definition) is 0. The lowest BCUT2D eigenvalue weighted by molar-refractivity contribution is -0.154. The summed E-state index contributed by atoms with van der Waals surface area (Å²) in [6.07, 6.45) is 1.47. The van der Waals surface area contributed by atoms with Crippen molar-refractivity contribution in [2.75, 3.05) is 19.8 Å². The second-order valence-corrected chi connectivity index (χ2v) is 7.49. The van der Waals surface area contributed by atoms with E-state index in [-0.39, 0.29) is 19.8 Å². The molecule has 174 valence electrons. The molecular weight excluding hydrogens is 430 g/mol. The van der Waals surface area contributed by atoms with Crippen LogP contribution in [-0.4, -0.2) is 42.5 Å². The molecule has 0 aliphatic rings. The highest BCUT2D eigenvalue weighted by Gasteiger charge is 2.51. The summed E-state index contributed by atoms with van der Waals surface area (Å²) in [5, 5.41) is 0. The lowest BCUT2D eigenvalue weighted by Gasteiger charge is -2.42. The van der Waals surface area contributed by atoms with E-state index in [2.05, 4.69) is 6.58 Å². The Bertz CT molecular complexity index is 1070. The molecule has 3 aromatic rings. The fourth-order valence-electron chi connectivity index (χ4n) is 3.86. The number of benzene rings is 3. The summed E-state index contributed by atoms with van der Waals surface area (Å²) in [7, 11) is 0. The van der Waals surface area contributed by atoms with Crippen LogP contribution in [0.15, 0.2) is 104 Å². The van der Waals surface area contributed by atoms with Crippen molar-refractivity contribution in [3.05, 3.63) is 120 Å². The minimum absolute atomic E-state index is 0.0302. The highest BCUT2D eigenvalue weighted by Crippen LogP contribution is 2.38. The maximum atomic E-state index is 13.9. The minimum Gasteiger partial charge on any atom is -0.464 e. The lowest BCUT2D eigenvalue weighted by Crippen LogP contribution is -2.57. The Hall–Kier alpha value is -4.19. The molecule has 1 amide bonds. The van der Waals surface area contributed by atoms with Gasteiger partial charge in [0.05, 0.1) is 6.54 Å². The Morgan fingerprint density at radius 2 is 1.32 bits per heavy atom. The Morgan fingerprint density at radius 3 is 1.79 bits per heavy atom. The number of nitrogens with zero attached hydrogens (tertiary/aromatic N) is 1. The Labute approximate surface area is 199 Å². The molecule has 0 radical (unpaired) electrons. The van der Waals surface area contributed by atoms with Crippen LogP contribution in [0.5, 0.6) is 0 Å². The van der Waals surface area contributed by atoms with Gasteiger partial charge in [-0.2, -0.15) is 0 Å². The molecule has 0 unspecified atom stereocenters. The van der Waals surface area contributed by atoms with Crippen LogP contribution in [0.4, 0.5) is 0 Å². The number of amides is 1. The molecule has 0 aliphatic carbocycles. The summed E-state index contributed by atoms with van der Waals surface area (Å²) in [6, 6.07) is 26.6. The van der Waals surface area contributed by atoms with Gasteiger partial charge in [0.2, 0.25) is 0 Å². The summed E-state index contributed by atoms with van der Waals surface area (Å²) in [5.41, 5.74) is -0.165. The number of carbonyl (C=O) groups is 3. The van der Waals surface area contributed by atoms with Crippen LogP contribution < -0.4 is 0 Å². The van der Waals surface area contributed by atoms with E-state index in [0.29, 0.717) is 16.7 Å². The first-order valence-corrected chi connectivity index (χ1v) is 10.9. The van der Waals surface area contributed by atoms with Crippen LogP contribution in [0.25, 0.3) is 0 Å². The molecular formula is C28H27NO5. The molecule has 6 nitrogen and oxygen atoms in total. The topological polar surface area (TPSA) is 72.9 Å². The van der Waals surface area contributed by atoms with Crippen molar-refractivity contribution in [3.8, 4) is 0 Å². The number of hydrogen-bond acceptors (Lipinski definition) is 5. The monoisotopic (exact) mass is 457 g/mol. The average Bonchev–Trinajstić information content (AvgIpc) is 2.88. The zero-order valence-corrected chi connectivity index (χ0v) is 19.1. The third kappa shape index (κ3) is 5.23. The second-order valence-electron chi connectivity index (χ2n) is 7.49. The van der Waals surface area contributed by atoms with Crippen LogP contribution in [-0.2, 0) is 24.6 Å². The predicted octanol–water partition coefficient (Wildman–Crippen LogP) is 4.36. The third-order valence-corrected chi connectivity index (χ3v) is 5.30. The molecule has 3 aromatic carbocycles. The average molecular weight is 458 g/mol. The molecule has 0 aliphatic heterocycles. The normalized spacial score (nSPS) is 10.7. The van der Waals surface area contributed by atoms with E-state index in [0.717, 1.165) is 0 Å². The van der Waals surface area contributed by atoms with E-state index < -0.39 is 23.4 Å². The van der Waals surface area contributed by atoms with Gasteiger partial charge >= 0.3 is 11.9 Å². The molecule has 0 saturated carbocycles. The fourth-order valence-corrected chi connectivity index (χ4v) is 3.86. The number of rotatable bonds is 10. The van der Waals surface area contributed by atoms with E-state index in [1.54, 1.807) is 78.9 Å². The van der Waals surface area contributed by atoms with E-state index >= 15 is 0 Å². The van der Waals surface area contributed by atoms with Crippen molar-refractivity contribution < 1.29 is 23.9 Å². The van der Waals surface area contributed by atoms with Gasteiger partial charge in [0, 0.05) is 12.5 Å². The summed E-state index contributed by atoms with van der Waals surface area (Å²) >= 11 is 0. The van der Waals surface area contributed by atoms with E-state index in [1.807, 2.05) is 12.1 Å². The highest BCUT2D eigenvalue weighted by molar-refractivity contribution is 6.00. The van der Waals surface area contributed by atoms with Crippen LogP contribution >= 0.6 is 0 Å². The zero-order valence-electron chi connectivity index (χ0n) is 19.1. The SMILES string of the molecule is C=CCOC(=O)C(c1ccccc1)(c1ccccc1)N(CCOC(C)=O)C(=O)c1ccccc1. The molecule has 0 atom stereocenters. The second kappa shape index (κ2) is 11.6. The first-order chi connectivity index (χ1) is 16.5. The maximum absolute atomic E-state index is 13.9. The predicted molar refractivity (Wildman–Crippen MR) is 129 cm³/mol. The standard InChI is InChI=1S/C28H27NO5/c1-3-20-34-27(32)28(24-15-9-5-10-16-24,25-17-11-6-12-18-25)29(19-21-33-22(2)30)26(31)23-13-7-4-8-14-23/h3-18H,1,19-21H2,2H3. The third-order valence-electron chi connectivity index (χ3n) is 5.30. The molecule has 0 saturated heterocycles. The Balaban J connectivity index is 2.29. The number of esters is 2. The van der Waals surface area contributed by atoms with Crippen molar-refractivity contribution >= 4 is 17.8 Å². The zero-order chi connectivity index (χ0) is 24.4.